The van der Waals surface area contributed by atoms with E-state index in [1.807, 2.05) is 25.1 Å². The number of rotatable bonds is 0. The third-order valence-electron chi connectivity index (χ3n) is 1.24. The molecule has 0 saturated carbocycles. The zero-order valence-corrected chi connectivity index (χ0v) is 8.32. The predicted molar refractivity (Wildman–Crippen MR) is 54.2 cm³/mol. The van der Waals surface area contributed by atoms with Gasteiger partial charge in [0, 0.05) is 0 Å². The van der Waals surface area contributed by atoms with Gasteiger partial charge in [0.25, 0.3) is 0 Å². The first-order valence-electron chi connectivity index (χ1n) is 3.51. The first kappa shape index (κ1) is 12.7. The van der Waals surface area contributed by atoms with Gasteiger partial charge >= 0.3 is 10.4 Å². The minimum Gasteiger partial charge on any atom is -0.397 e. The average Bonchev–Trinajstić information content (AvgIpc) is 1.94. The van der Waals surface area contributed by atoms with Crippen LogP contribution in [0.1, 0.15) is 5.56 Å². The molecule has 0 aromatic heterocycles. The summed E-state index contributed by atoms with van der Waals surface area (Å²) in [6, 6.07) is 5.60. The second-order valence-electron chi connectivity index (χ2n) is 2.58. The molecule has 0 heterocycles. The summed E-state index contributed by atoms with van der Waals surface area (Å²) < 4.78 is 31.6. The quantitative estimate of drug-likeness (QED) is 0.372. The van der Waals surface area contributed by atoms with Crippen LogP contribution in [0.15, 0.2) is 18.2 Å². The highest BCUT2D eigenvalue weighted by molar-refractivity contribution is 7.79. The molecular weight excluding hydrogens is 208 g/mol. The van der Waals surface area contributed by atoms with Gasteiger partial charge in [-0.25, -0.2) is 0 Å². The molecule has 7 heteroatoms. The van der Waals surface area contributed by atoms with Gasteiger partial charge in [0.05, 0.1) is 11.4 Å². The van der Waals surface area contributed by atoms with Crippen LogP contribution >= 0.6 is 0 Å². The Kier molecular flexibility index (Phi) is 4.35. The Labute approximate surface area is 82.1 Å². The van der Waals surface area contributed by atoms with Crippen molar-refractivity contribution in [2.45, 2.75) is 6.92 Å². The Bertz CT molecular complexity index is 394. The molecule has 0 aliphatic rings. The van der Waals surface area contributed by atoms with Gasteiger partial charge in [-0.15, -0.1) is 0 Å². The highest BCUT2D eigenvalue weighted by atomic mass is 32.3. The summed E-state index contributed by atoms with van der Waals surface area (Å²) in [4.78, 5) is 0. The standard InChI is InChI=1S/C7H10N2.H2O4S/c1-5-2-3-6(8)7(9)4-5;1-5(2,3)4/h2-4H,8-9H2,1H3;(H2,1,2,3,4). The molecule has 1 rings (SSSR count). The average molecular weight is 220 g/mol. The summed E-state index contributed by atoms with van der Waals surface area (Å²) in [5.74, 6) is 0. The van der Waals surface area contributed by atoms with Crippen LogP contribution in [0.5, 0.6) is 0 Å². The number of hydrogen-bond donors (Lipinski definition) is 4. The van der Waals surface area contributed by atoms with Crippen molar-refractivity contribution in [2.24, 2.45) is 0 Å². The maximum absolute atomic E-state index is 8.74. The molecule has 0 unspecified atom stereocenters. The summed E-state index contributed by atoms with van der Waals surface area (Å²) in [7, 11) is -4.67. The SMILES string of the molecule is Cc1ccc(N)c(N)c1.O=S(=O)(O)O. The lowest BCUT2D eigenvalue weighted by molar-refractivity contribution is 0.381. The van der Waals surface area contributed by atoms with Gasteiger partial charge in [0.2, 0.25) is 0 Å². The molecule has 0 bridgehead atoms. The molecule has 0 spiro atoms. The van der Waals surface area contributed by atoms with Crippen molar-refractivity contribution in [3.63, 3.8) is 0 Å². The van der Waals surface area contributed by atoms with E-state index in [-0.39, 0.29) is 0 Å². The zero-order chi connectivity index (χ0) is 11.4. The van der Waals surface area contributed by atoms with Crippen LogP contribution < -0.4 is 11.5 Å². The maximum Gasteiger partial charge on any atom is 0.394 e. The fourth-order valence-corrected chi connectivity index (χ4v) is 0.694. The Balaban J connectivity index is 0.000000292. The molecule has 0 saturated heterocycles. The molecule has 80 valence electrons. The fourth-order valence-electron chi connectivity index (χ4n) is 0.694. The molecule has 6 nitrogen and oxygen atoms in total. The number of nitrogen functional groups attached to an aromatic ring is 2. The lowest BCUT2D eigenvalue weighted by atomic mass is 10.2. The van der Waals surface area contributed by atoms with Crippen molar-refractivity contribution in [2.75, 3.05) is 11.5 Å². The number of benzene rings is 1. The van der Waals surface area contributed by atoms with E-state index in [4.69, 9.17) is 29.0 Å². The fraction of sp³-hybridized carbons (Fsp3) is 0.143. The van der Waals surface area contributed by atoms with Crippen LogP contribution in [0.3, 0.4) is 0 Å². The van der Waals surface area contributed by atoms with Crippen LogP contribution in [0.4, 0.5) is 11.4 Å². The first-order chi connectivity index (χ1) is 6.20. The zero-order valence-electron chi connectivity index (χ0n) is 7.51. The third kappa shape index (κ3) is 7.35. The topological polar surface area (TPSA) is 127 Å². The normalized spacial score (nSPS) is 10.2. The van der Waals surface area contributed by atoms with E-state index >= 15 is 0 Å². The van der Waals surface area contributed by atoms with Crippen molar-refractivity contribution >= 4 is 21.8 Å². The monoisotopic (exact) mass is 220 g/mol. The highest BCUT2D eigenvalue weighted by Gasteiger charge is 1.90. The molecule has 1 aromatic rings. The maximum atomic E-state index is 8.74. The van der Waals surface area contributed by atoms with E-state index < -0.39 is 10.4 Å². The lowest BCUT2D eigenvalue weighted by Crippen LogP contribution is -1.93. The number of hydrogen-bond acceptors (Lipinski definition) is 4. The summed E-state index contributed by atoms with van der Waals surface area (Å²) in [5.41, 5.74) is 13.4. The van der Waals surface area contributed by atoms with E-state index in [0.29, 0.717) is 11.4 Å². The molecule has 6 N–H and O–H groups in total. The molecule has 0 aliphatic carbocycles. The molecule has 0 aliphatic heterocycles. The number of anilines is 2. The van der Waals surface area contributed by atoms with E-state index in [1.165, 1.54) is 0 Å². The van der Waals surface area contributed by atoms with Gasteiger partial charge in [0.1, 0.15) is 0 Å². The van der Waals surface area contributed by atoms with Crippen LogP contribution in [-0.4, -0.2) is 17.5 Å². The largest absolute Gasteiger partial charge is 0.397 e. The van der Waals surface area contributed by atoms with Crippen molar-refractivity contribution in [1.29, 1.82) is 0 Å². The van der Waals surface area contributed by atoms with Gasteiger partial charge < -0.3 is 11.5 Å². The number of nitrogens with two attached hydrogens (primary N) is 2. The Hall–Kier alpha value is -1.31. The Morgan fingerprint density at radius 3 is 1.86 bits per heavy atom. The molecule has 0 radical (unpaired) electrons. The summed E-state index contributed by atoms with van der Waals surface area (Å²) >= 11 is 0. The third-order valence-corrected chi connectivity index (χ3v) is 1.24. The minimum atomic E-state index is -4.67. The summed E-state index contributed by atoms with van der Waals surface area (Å²) in [6.07, 6.45) is 0. The van der Waals surface area contributed by atoms with E-state index in [2.05, 4.69) is 0 Å². The van der Waals surface area contributed by atoms with Crippen molar-refractivity contribution in [3.05, 3.63) is 23.8 Å². The second kappa shape index (κ2) is 4.80. The Morgan fingerprint density at radius 2 is 1.57 bits per heavy atom. The van der Waals surface area contributed by atoms with Gasteiger partial charge in [0.15, 0.2) is 0 Å². The predicted octanol–water partition coefficient (Wildman–Crippen LogP) is 0.507. The summed E-state index contributed by atoms with van der Waals surface area (Å²) in [5, 5.41) is 0. The van der Waals surface area contributed by atoms with Crippen LogP contribution in [0.25, 0.3) is 0 Å². The molecule has 0 fully saturated rings. The van der Waals surface area contributed by atoms with Gasteiger partial charge in [-0.2, -0.15) is 8.42 Å². The highest BCUT2D eigenvalue weighted by Crippen LogP contribution is 2.14. The second-order valence-corrected chi connectivity index (χ2v) is 3.48. The molecule has 1 aromatic carbocycles. The molecular formula is C7H12N2O4S. The van der Waals surface area contributed by atoms with Crippen LogP contribution in [-0.2, 0) is 10.4 Å². The van der Waals surface area contributed by atoms with Gasteiger partial charge in [-0.3, -0.25) is 9.11 Å². The smallest absolute Gasteiger partial charge is 0.394 e. The van der Waals surface area contributed by atoms with Crippen molar-refractivity contribution < 1.29 is 17.5 Å². The van der Waals surface area contributed by atoms with Crippen LogP contribution in [0, 0.1) is 6.92 Å². The van der Waals surface area contributed by atoms with Gasteiger partial charge in [-0.1, -0.05) is 6.07 Å². The first-order valence-corrected chi connectivity index (χ1v) is 4.91. The molecule has 0 amide bonds. The van der Waals surface area contributed by atoms with Crippen LogP contribution in [0.2, 0.25) is 0 Å². The summed E-state index contributed by atoms with van der Waals surface area (Å²) in [6.45, 7) is 1.98. The molecule has 0 atom stereocenters. The molecule has 14 heavy (non-hydrogen) atoms. The van der Waals surface area contributed by atoms with Crippen molar-refractivity contribution in [1.82, 2.24) is 0 Å². The van der Waals surface area contributed by atoms with E-state index in [9.17, 15) is 0 Å². The lowest BCUT2D eigenvalue weighted by Gasteiger charge is -1.98. The number of aryl methyl sites for hydroxylation is 1. The Morgan fingerprint density at radius 1 is 1.14 bits per heavy atom. The van der Waals surface area contributed by atoms with E-state index in [0.717, 1.165) is 5.56 Å². The van der Waals surface area contributed by atoms with Gasteiger partial charge in [-0.05, 0) is 24.6 Å². The minimum absolute atomic E-state index is 0.653. The van der Waals surface area contributed by atoms with E-state index in [1.54, 1.807) is 0 Å². The van der Waals surface area contributed by atoms with Crippen molar-refractivity contribution in [3.8, 4) is 0 Å².